The summed E-state index contributed by atoms with van der Waals surface area (Å²) in [6.45, 7) is 1.21. The average molecular weight is 279 g/mol. The van der Waals surface area contributed by atoms with Crippen LogP contribution in [0.2, 0.25) is 0 Å². The number of carbonyl (C=O) groups is 1. The monoisotopic (exact) mass is 279 g/mol. The minimum Gasteiger partial charge on any atom is -0.508 e. The number of nitrogens with zero attached hydrogens (tertiary/aromatic N) is 1. The molecule has 1 aromatic rings. The Kier molecular flexibility index (Phi) is 4.98. The molecule has 0 saturated carbocycles. The molecule has 1 atom stereocenters. The molecule has 0 bridgehead atoms. The summed E-state index contributed by atoms with van der Waals surface area (Å²) in [4.78, 5) is 14.3. The van der Waals surface area contributed by atoms with Crippen molar-refractivity contribution in [1.29, 1.82) is 0 Å². The lowest BCUT2D eigenvalue weighted by molar-refractivity contribution is 0.0796. The van der Waals surface area contributed by atoms with Crippen molar-refractivity contribution in [2.75, 3.05) is 19.7 Å². The molecule has 20 heavy (non-hydrogen) atoms. The molecule has 0 aromatic heterocycles. The first kappa shape index (κ1) is 14.8. The van der Waals surface area contributed by atoms with Gasteiger partial charge in [-0.3, -0.25) is 9.69 Å². The van der Waals surface area contributed by atoms with Crippen molar-refractivity contribution in [3.05, 3.63) is 23.8 Å². The molecule has 1 aliphatic heterocycles. The Hall–Kier alpha value is -1.59. The lowest BCUT2D eigenvalue weighted by Gasteiger charge is -2.34. The molecule has 1 aliphatic rings. The van der Waals surface area contributed by atoms with Crippen LogP contribution < -0.4 is 0 Å². The molecule has 0 radical (unpaired) electrons. The zero-order valence-electron chi connectivity index (χ0n) is 11.5. The van der Waals surface area contributed by atoms with Gasteiger partial charge in [-0.15, -0.1) is 0 Å². The van der Waals surface area contributed by atoms with Crippen LogP contribution in [-0.4, -0.2) is 51.7 Å². The van der Waals surface area contributed by atoms with Crippen LogP contribution in [0.4, 0.5) is 0 Å². The van der Waals surface area contributed by atoms with Crippen molar-refractivity contribution in [2.24, 2.45) is 0 Å². The highest BCUT2D eigenvalue weighted by atomic mass is 16.3. The van der Waals surface area contributed by atoms with Crippen LogP contribution in [0.15, 0.2) is 18.2 Å². The third kappa shape index (κ3) is 3.49. The topological polar surface area (TPSA) is 81.0 Å². The summed E-state index contributed by atoms with van der Waals surface area (Å²) in [6.07, 6.45) is 3.85. The van der Waals surface area contributed by atoms with Gasteiger partial charge in [0, 0.05) is 18.7 Å². The first-order valence-electron chi connectivity index (χ1n) is 7.02. The van der Waals surface area contributed by atoms with Gasteiger partial charge in [0.15, 0.2) is 5.78 Å². The van der Waals surface area contributed by atoms with Crippen LogP contribution in [0.1, 0.15) is 36.0 Å². The molecule has 1 aromatic carbocycles. The number of carbonyl (C=O) groups excluding carboxylic acids is 1. The SMILES string of the molecule is O=C(CN1CCCCC1CCO)c1ccc(O)cc1O. The van der Waals surface area contributed by atoms with Gasteiger partial charge in [-0.2, -0.15) is 0 Å². The molecular weight excluding hydrogens is 258 g/mol. The third-order valence-corrected chi connectivity index (χ3v) is 3.84. The second kappa shape index (κ2) is 6.72. The number of hydrogen-bond acceptors (Lipinski definition) is 5. The van der Waals surface area contributed by atoms with Gasteiger partial charge in [0.1, 0.15) is 11.5 Å². The maximum absolute atomic E-state index is 12.2. The molecule has 2 rings (SSSR count). The molecule has 3 N–H and O–H groups in total. The predicted molar refractivity (Wildman–Crippen MR) is 75.0 cm³/mol. The van der Waals surface area contributed by atoms with Gasteiger partial charge in [0.25, 0.3) is 0 Å². The number of phenolic OH excluding ortho intramolecular Hbond substituents is 2. The molecule has 5 nitrogen and oxygen atoms in total. The highest BCUT2D eigenvalue weighted by Gasteiger charge is 2.25. The zero-order valence-corrected chi connectivity index (χ0v) is 11.5. The summed E-state index contributed by atoms with van der Waals surface area (Å²) in [6, 6.07) is 4.25. The number of piperidine rings is 1. The average Bonchev–Trinajstić information content (AvgIpc) is 2.41. The second-order valence-corrected chi connectivity index (χ2v) is 5.26. The van der Waals surface area contributed by atoms with Gasteiger partial charge < -0.3 is 15.3 Å². The van der Waals surface area contributed by atoms with E-state index < -0.39 is 0 Å². The molecule has 0 spiro atoms. The standard InChI is InChI=1S/C15H21NO4/c17-8-6-11-3-1-2-7-16(11)10-15(20)13-5-4-12(18)9-14(13)19/h4-5,9,11,17-19H,1-3,6-8,10H2. The minimum atomic E-state index is -0.189. The van der Waals surface area contributed by atoms with Gasteiger partial charge in [-0.05, 0) is 37.9 Å². The first-order valence-corrected chi connectivity index (χ1v) is 7.02. The number of hydrogen-bond donors (Lipinski definition) is 3. The van der Waals surface area contributed by atoms with Gasteiger partial charge in [-0.25, -0.2) is 0 Å². The molecule has 1 heterocycles. The van der Waals surface area contributed by atoms with E-state index in [0.29, 0.717) is 6.42 Å². The number of benzene rings is 1. The Labute approximate surface area is 118 Å². The quantitative estimate of drug-likeness (QED) is 0.712. The summed E-state index contributed by atoms with van der Waals surface area (Å²) >= 11 is 0. The van der Waals surface area contributed by atoms with Crippen molar-refractivity contribution in [3.63, 3.8) is 0 Å². The molecule has 1 saturated heterocycles. The Balaban J connectivity index is 2.05. The van der Waals surface area contributed by atoms with E-state index in [9.17, 15) is 15.0 Å². The molecule has 0 amide bonds. The number of aliphatic hydroxyl groups is 1. The molecule has 110 valence electrons. The Morgan fingerprint density at radius 3 is 2.80 bits per heavy atom. The normalized spacial score (nSPS) is 19.9. The summed E-state index contributed by atoms with van der Waals surface area (Å²) in [5.41, 5.74) is 0.233. The van der Waals surface area contributed by atoms with E-state index in [2.05, 4.69) is 4.90 Å². The van der Waals surface area contributed by atoms with Crippen molar-refractivity contribution >= 4 is 5.78 Å². The van der Waals surface area contributed by atoms with E-state index in [4.69, 9.17) is 5.11 Å². The highest BCUT2D eigenvalue weighted by Crippen LogP contribution is 2.25. The number of likely N-dealkylation sites (tertiary alicyclic amines) is 1. The number of rotatable bonds is 5. The zero-order chi connectivity index (χ0) is 14.5. The van der Waals surface area contributed by atoms with E-state index in [1.807, 2.05) is 0 Å². The Morgan fingerprint density at radius 2 is 2.10 bits per heavy atom. The fourth-order valence-corrected chi connectivity index (χ4v) is 2.77. The Bertz CT molecular complexity index is 473. The number of phenols is 2. The Morgan fingerprint density at radius 1 is 1.30 bits per heavy atom. The number of Topliss-reactive ketones (excluding diaryl/α,β-unsaturated/α-hetero) is 1. The van der Waals surface area contributed by atoms with Crippen molar-refractivity contribution in [1.82, 2.24) is 4.90 Å². The van der Waals surface area contributed by atoms with E-state index in [1.165, 1.54) is 18.2 Å². The van der Waals surface area contributed by atoms with Crippen LogP contribution in [0, 0.1) is 0 Å². The third-order valence-electron chi connectivity index (χ3n) is 3.84. The van der Waals surface area contributed by atoms with Crippen LogP contribution >= 0.6 is 0 Å². The fourth-order valence-electron chi connectivity index (χ4n) is 2.77. The predicted octanol–water partition coefficient (Wildman–Crippen LogP) is 1.52. The van der Waals surface area contributed by atoms with Gasteiger partial charge in [0.05, 0.1) is 12.1 Å². The van der Waals surface area contributed by atoms with Crippen LogP contribution in [0.5, 0.6) is 11.5 Å². The fraction of sp³-hybridized carbons (Fsp3) is 0.533. The van der Waals surface area contributed by atoms with Crippen LogP contribution in [0.3, 0.4) is 0 Å². The smallest absolute Gasteiger partial charge is 0.180 e. The van der Waals surface area contributed by atoms with Crippen molar-refractivity contribution in [2.45, 2.75) is 31.7 Å². The minimum absolute atomic E-state index is 0.0600. The van der Waals surface area contributed by atoms with E-state index >= 15 is 0 Å². The van der Waals surface area contributed by atoms with E-state index in [0.717, 1.165) is 25.8 Å². The van der Waals surface area contributed by atoms with Gasteiger partial charge >= 0.3 is 0 Å². The summed E-state index contributed by atoms with van der Waals surface area (Å²) in [5.74, 6) is -0.409. The summed E-state index contributed by atoms with van der Waals surface area (Å²) < 4.78 is 0. The molecule has 5 heteroatoms. The molecular formula is C15H21NO4. The number of ketones is 1. The van der Waals surface area contributed by atoms with Crippen molar-refractivity contribution in [3.8, 4) is 11.5 Å². The van der Waals surface area contributed by atoms with Gasteiger partial charge in [0.2, 0.25) is 0 Å². The first-order chi connectivity index (χ1) is 9.61. The van der Waals surface area contributed by atoms with E-state index in [-0.39, 0.29) is 42.0 Å². The maximum atomic E-state index is 12.2. The lowest BCUT2D eigenvalue weighted by Crippen LogP contribution is -2.43. The largest absolute Gasteiger partial charge is 0.508 e. The number of aromatic hydroxyl groups is 2. The molecule has 1 fully saturated rings. The van der Waals surface area contributed by atoms with Crippen LogP contribution in [0.25, 0.3) is 0 Å². The second-order valence-electron chi connectivity index (χ2n) is 5.26. The highest BCUT2D eigenvalue weighted by molar-refractivity contribution is 6.00. The summed E-state index contributed by atoms with van der Waals surface area (Å²) in [5, 5.41) is 28.0. The maximum Gasteiger partial charge on any atom is 0.180 e. The number of aliphatic hydroxyl groups excluding tert-OH is 1. The van der Waals surface area contributed by atoms with E-state index in [1.54, 1.807) is 0 Å². The molecule has 1 unspecified atom stereocenters. The van der Waals surface area contributed by atoms with Crippen LogP contribution in [-0.2, 0) is 0 Å². The van der Waals surface area contributed by atoms with Crippen molar-refractivity contribution < 1.29 is 20.1 Å². The lowest BCUT2D eigenvalue weighted by atomic mass is 9.98. The van der Waals surface area contributed by atoms with Gasteiger partial charge in [-0.1, -0.05) is 6.42 Å². The summed E-state index contributed by atoms with van der Waals surface area (Å²) in [7, 11) is 0. The molecule has 0 aliphatic carbocycles.